The molecule has 0 aliphatic carbocycles. The van der Waals surface area contributed by atoms with Gasteiger partial charge in [0.1, 0.15) is 0 Å². The minimum absolute atomic E-state index is 0.0816. The van der Waals surface area contributed by atoms with Gasteiger partial charge >= 0.3 is 0 Å². The van der Waals surface area contributed by atoms with Crippen molar-refractivity contribution >= 4 is 17.5 Å². The van der Waals surface area contributed by atoms with Gasteiger partial charge in [0.05, 0.1) is 16.7 Å². The third-order valence-electron chi connectivity index (χ3n) is 3.50. The van der Waals surface area contributed by atoms with Gasteiger partial charge in [0.15, 0.2) is 0 Å². The van der Waals surface area contributed by atoms with Gasteiger partial charge in [-0.25, -0.2) is 0 Å². The molecule has 4 heteroatoms. The number of hydrogen-bond donors (Lipinski definition) is 1. The Balaban J connectivity index is 2.25. The number of aliphatic hydroxyl groups is 1. The number of hydrogen-bond acceptors (Lipinski definition) is 2. The van der Waals surface area contributed by atoms with Crippen molar-refractivity contribution in [1.29, 1.82) is 0 Å². The zero-order chi connectivity index (χ0) is 13.3. The lowest BCUT2D eigenvalue weighted by molar-refractivity contribution is 0.0474. The Morgan fingerprint density at radius 3 is 2.72 bits per heavy atom. The summed E-state index contributed by atoms with van der Waals surface area (Å²) < 4.78 is 0. The Morgan fingerprint density at radius 1 is 1.39 bits per heavy atom. The molecule has 98 valence electrons. The van der Waals surface area contributed by atoms with E-state index in [-0.39, 0.29) is 5.91 Å². The molecule has 1 fully saturated rings. The van der Waals surface area contributed by atoms with Crippen molar-refractivity contribution in [2.24, 2.45) is 0 Å². The molecule has 1 N–H and O–H groups in total. The lowest BCUT2D eigenvalue weighted by Crippen LogP contribution is -2.42. The molecule has 1 saturated heterocycles. The Morgan fingerprint density at radius 2 is 2.06 bits per heavy atom. The van der Waals surface area contributed by atoms with Crippen molar-refractivity contribution in [3.63, 3.8) is 0 Å². The maximum absolute atomic E-state index is 12.4. The molecule has 0 saturated carbocycles. The van der Waals surface area contributed by atoms with Gasteiger partial charge in [0.25, 0.3) is 5.91 Å². The van der Waals surface area contributed by atoms with Crippen LogP contribution in [0.1, 0.15) is 34.3 Å². The second-order valence-corrected chi connectivity index (χ2v) is 5.37. The molecule has 1 aromatic rings. The maximum Gasteiger partial charge on any atom is 0.255 e. The molecule has 3 nitrogen and oxygen atoms in total. The first-order valence-electron chi connectivity index (χ1n) is 6.23. The fourth-order valence-corrected chi connectivity index (χ4v) is 2.55. The van der Waals surface area contributed by atoms with Crippen molar-refractivity contribution in [3.05, 3.63) is 33.8 Å². The number of nitrogens with zero attached hydrogens (tertiary/aromatic N) is 1. The standard InChI is InChI=1S/C14H18ClNO2/c1-9-6-12(13(15)7-10(9)2)14(18)16-5-3-4-11(17)8-16/h6-7,11,17H,3-5,8H2,1-2H3. The molecular formula is C14H18ClNO2. The lowest BCUT2D eigenvalue weighted by atomic mass is 10.0. The van der Waals surface area contributed by atoms with E-state index < -0.39 is 6.10 Å². The van der Waals surface area contributed by atoms with Crippen LogP contribution < -0.4 is 0 Å². The number of aliphatic hydroxyl groups excluding tert-OH is 1. The van der Waals surface area contributed by atoms with Gasteiger partial charge in [-0.05, 0) is 49.9 Å². The molecule has 1 amide bonds. The highest BCUT2D eigenvalue weighted by Gasteiger charge is 2.24. The molecule has 1 heterocycles. The molecule has 1 aliphatic heterocycles. The second kappa shape index (κ2) is 5.29. The van der Waals surface area contributed by atoms with E-state index in [1.165, 1.54) is 0 Å². The van der Waals surface area contributed by atoms with Crippen LogP contribution in [0.4, 0.5) is 0 Å². The van der Waals surface area contributed by atoms with E-state index >= 15 is 0 Å². The summed E-state index contributed by atoms with van der Waals surface area (Å²) in [6.07, 6.45) is 1.20. The predicted octanol–water partition coefficient (Wildman–Crippen LogP) is 2.55. The third-order valence-corrected chi connectivity index (χ3v) is 3.81. The Labute approximate surface area is 112 Å². The molecule has 0 spiro atoms. The normalized spacial score (nSPS) is 20.0. The number of carbonyl (C=O) groups is 1. The van der Waals surface area contributed by atoms with Crippen LogP contribution in [0.3, 0.4) is 0 Å². The van der Waals surface area contributed by atoms with Crippen LogP contribution in [0.15, 0.2) is 12.1 Å². The first kappa shape index (κ1) is 13.4. The fraction of sp³-hybridized carbons (Fsp3) is 0.500. The molecule has 1 aromatic carbocycles. The van der Waals surface area contributed by atoms with E-state index in [0.29, 0.717) is 23.7 Å². The van der Waals surface area contributed by atoms with Gasteiger partial charge < -0.3 is 10.0 Å². The van der Waals surface area contributed by atoms with Crippen molar-refractivity contribution in [2.75, 3.05) is 13.1 Å². The number of amides is 1. The van der Waals surface area contributed by atoms with Crippen LogP contribution in [0.25, 0.3) is 0 Å². The monoisotopic (exact) mass is 267 g/mol. The average Bonchev–Trinajstić information content (AvgIpc) is 2.33. The average molecular weight is 268 g/mol. The number of aryl methyl sites for hydroxylation is 2. The fourth-order valence-electron chi connectivity index (χ4n) is 2.25. The topological polar surface area (TPSA) is 40.5 Å². The van der Waals surface area contributed by atoms with Gasteiger partial charge in [0.2, 0.25) is 0 Å². The van der Waals surface area contributed by atoms with E-state index in [1.807, 2.05) is 26.0 Å². The smallest absolute Gasteiger partial charge is 0.255 e. The van der Waals surface area contributed by atoms with Crippen LogP contribution >= 0.6 is 11.6 Å². The highest BCUT2D eigenvalue weighted by molar-refractivity contribution is 6.34. The Hall–Kier alpha value is -1.06. The first-order valence-corrected chi connectivity index (χ1v) is 6.61. The highest BCUT2D eigenvalue weighted by Crippen LogP contribution is 2.23. The molecule has 1 unspecified atom stereocenters. The highest BCUT2D eigenvalue weighted by atomic mass is 35.5. The quantitative estimate of drug-likeness (QED) is 0.850. The summed E-state index contributed by atoms with van der Waals surface area (Å²) in [7, 11) is 0. The third kappa shape index (κ3) is 2.68. The molecular weight excluding hydrogens is 250 g/mol. The summed E-state index contributed by atoms with van der Waals surface area (Å²) in [6.45, 7) is 5.04. The molecule has 0 bridgehead atoms. The van der Waals surface area contributed by atoms with Crippen LogP contribution in [-0.2, 0) is 0 Å². The van der Waals surface area contributed by atoms with Crippen LogP contribution in [-0.4, -0.2) is 35.1 Å². The number of piperidine rings is 1. The summed E-state index contributed by atoms with van der Waals surface area (Å²) in [6, 6.07) is 3.66. The zero-order valence-corrected chi connectivity index (χ0v) is 11.5. The van der Waals surface area contributed by atoms with Crippen LogP contribution in [0.5, 0.6) is 0 Å². The molecule has 1 aliphatic rings. The minimum Gasteiger partial charge on any atom is -0.391 e. The van der Waals surface area contributed by atoms with Gasteiger partial charge in [-0.1, -0.05) is 11.6 Å². The van der Waals surface area contributed by atoms with Crippen LogP contribution in [0.2, 0.25) is 5.02 Å². The van der Waals surface area contributed by atoms with E-state index in [1.54, 1.807) is 4.90 Å². The van der Waals surface area contributed by atoms with E-state index in [9.17, 15) is 9.90 Å². The van der Waals surface area contributed by atoms with Gasteiger partial charge in [0, 0.05) is 13.1 Å². The molecule has 0 aromatic heterocycles. The number of β-amino-alcohol motifs (C(OH)–C–C–N with tert-alkyl or cyclic N) is 1. The lowest BCUT2D eigenvalue weighted by Gasteiger charge is -2.30. The van der Waals surface area contributed by atoms with Gasteiger partial charge in [-0.15, -0.1) is 0 Å². The molecule has 1 atom stereocenters. The number of halogens is 1. The van der Waals surface area contributed by atoms with E-state index in [4.69, 9.17) is 11.6 Å². The van der Waals surface area contributed by atoms with Crippen molar-refractivity contribution < 1.29 is 9.90 Å². The Kier molecular flexibility index (Phi) is 3.93. The van der Waals surface area contributed by atoms with Gasteiger partial charge in [-0.3, -0.25) is 4.79 Å². The molecule has 18 heavy (non-hydrogen) atoms. The number of carbonyl (C=O) groups excluding carboxylic acids is 1. The second-order valence-electron chi connectivity index (χ2n) is 4.96. The molecule has 2 rings (SSSR count). The number of benzene rings is 1. The first-order chi connectivity index (χ1) is 8.49. The van der Waals surface area contributed by atoms with Crippen LogP contribution in [0, 0.1) is 13.8 Å². The minimum atomic E-state index is -0.409. The van der Waals surface area contributed by atoms with Crippen molar-refractivity contribution in [2.45, 2.75) is 32.8 Å². The summed E-state index contributed by atoms with van der Waals surface area (Å²) in [5.41, 5.74) is 2.67. The zero-order valence-electron chi connectivity index (χ0n) is 10.7. The maximum atomic E-state index is 12.4. The van der Waals surface area contributed by atoms with E-state index in [2.05, 4.69) is 0 Å². The number of rotatable bonds is 1. The predicted molar refractivity (Wildman–Crippen MR) is 72.1 cm³/mol. The van der Waals surface area contributed by atoms with Gasteiger partial charge in [-0.2, -0.15) is 0 Å². The SMILES string of the molecule is Cc1cc(Cl)c(C(=O)N2CCCC(O)C2)cc1C. The summed E-state index contributed by atoms with van der Waals surface area (Å²) in [4.78, 5) is 14.0. The van der Waals surface area contributed by atoms with Crippen molar-refractivity contribution in [1.82, 2.24) is 4.90 Å². The molecule has 0 radical (unpaired) electrons. The summed E-state index contributed by atoms with van der Waals surface area (Å²) in [5, 5.41) is 10.1. The van der Waals surface area contributed by atoms with E-state index in [0.717, 1.165) is 24.0 Å². The van der Waals surface area contributed by atoms with Crippen molar-refractivity contribution in [3.8, 4) is 0 Å². The Bertz CT molecular complexity index is 473. The number of likely N-dealkylation sites (tertiary alicyclic amines) is 1. The summed E-state index contributed by atoms with van der Waals surface area (Å²) in [5.74, 6) is -0.0816. The largest absolute Gasteiger partial charge is 0.391 e. The summed E-state index contributed by atoms with van der Waals surface area (Å²) >= 11 is 6.14.